The molecule has 0 saturated heterocycles. The van der Waals surface area contributed by atoms with Crippen molar-refractivity contribution in [2.45, 2.75) is 12.5 Å². The fourth-order valence-electron chi connectivity index (χ4n) is 1.76. The lowest BCUT2D eigenvalue weighted by molar-refractivity contribution is -0.117. The molecule has 0 aromatic heterocycles. The van der Waals surface area contributed by atoms with Crippen molar-refractivity contribution in [1.29, 1.82) is 0 Å². The van der Waals surface area contributed by atoms with Crippen LogP contribution in [0, 0.1) is 0 Å². The third-order valence-electron chi connectivity index (χ3n) is 2.97. The van der Waals surface area contributed by atoms with Crippen LogP contribution >= 0.6 is 23.2 Å². The van der Waals surface area contributed by atoms with E-state index in [1.54, 1.807) is 30.3 Å². The van der Waals surface area contributed by atoms with Crippen LogP contribution in [0.4, 0.5) is 5.69 Å². The zero-order valence-electron chi connectivity index (χ0n) is 11.8. The van der Waals surface area contributed by atoms with E-state index >= 15 is 0 Å². The summed E-state index contributed by atoms with van der Waals surface area (Å²) in [5.41, 5.74) is 6.56. The van der Waals surface area contributed by atoms with Crippen LogP contribution in [0.15, 0.2) is 48.5 Å². The Balaban J connectivity index is 1.78. The van der Waals surface area contributed by atoms with Crippen LogP contribution in [0.2, 0.25) is 10.0 Å². The first kappa shape index (κ1) is 16.6. The molecule has 1 amide bonds. The number of ether oxygens (including phenoxy) is 1. The SMILES string of the molecule is NC(CCOc1ccc(Cl)c(Cl)c1)C(=O)Nc1ccccc1. The second-order valence-corrected chi connectivity index (χ2v) is 5.49. The van der Waals surface area contributed by atoms with Crippen molar-refractivity contribution in [2.75, 3.05) is 11.9 Å². The van der Waals surface area contributed by atoms with Crippen LogP contribution in [-0.4, -0.2) is 18.6 Å². The zero-order chi connectivity index (χ0) is 15.9. The third kappa shape index (κ3) is 4.91. The van der Waals surface area contributed by atoms with Gasteiger partial charge in [-0.2, -0.15) is 0 Å². The van der Waals surface area contributed by atoms with Crippen molar-refractivity contribution in [3.63, 3.8) is 0 Å². The quantitative estimate of drug-likeness (QED) is 0.843. The Morgan fingerprint density at radius 2 is 1.86 bits per heavy atom. The number of benzene rings is 2. The fraction of sp³-hybridized carbons (Fsp3) is 0.188. The molecule has 1 unspecified atom stereocenters. The number of para-hydroxylation sites is 1. The highest BCUT2D eigenvalue weighted by atomic mass is 35.5. The third-order valence-corrected chi connectivity index (χ3v) is 3.71. The molecule has 6 heteroatoms. The van der Waals surface area contributed by atoms with E-state index in [1.807, 2.05) is 18.2 Å². The van der Waals surface area contributed by atoms with Gasteiger partial charge >= 0.3 is 0 Å². The summed E-state index contributed by atoms with van der Waals surface area (Å²) in [4.78, 5) is 11.9. The van der Waals surface area contributed by atoms with Crippen molar-refractivity contribution in [3.8, 4) is 5.75 Å². The molecule has 4 nitrogen and oxygen atoms in total. The number of amides is 1. The summed E-state index contributed by atoms with van der Waals surface area (Å²) in [5, 5.41) is 3.64. The molecule has 2 aromatic rings. The molecule has 0 fully saturated rings. The Labute approximate surface area is 139 Å². The van der Waals surface area contributed by atoms with Gasteiger partial charge in [0, 0.05) is 18.2 Å². The molecule has 0 radical (unpaired) electrons. The molecule has 3 N–H and O–H groups in total. The lowest BCUT2D eigenvalue weighted by atomic mass is 10.2. The molecule has 22 heavy (non-hydrogen) atoms. The van der Waals surface area contributed by atoms with Crippen molar-refractivity contribution in [1.82, 2.24) is 0 Å². The minimum atomic E-state index is -0.650. The number of nitrogens with one attached hydrogen (secondary N) is 1. The first-order valence-corrected chi connectivity index (χ1v) is 7.51. The number of hydrogen-bond donors (Lipinski definition) is 2. The van der Waals surface area contributed by atoms with Gasteiger partial charge in [-0.25, -0.2) is 0 Å². The summed E-state index contributed by atoms with van der Waals surface area (Å²) >= 11 is 11.7. The molecule has 0 aliphatic heterocycles. The Morgan fingerprint density at radius 1 is 1.14 bits per heavy atom. The van der Waals surface area contributed by atoms with Crippen LogP contribution in [0.25, 0.3) is 0 Å². The van der Waals surface area contributed by atoms with E-state index in [0.717, 1.165) is 0 Å². The standard InChI is InChI=1S/C16H16Cl2N2O2/c17-13-7-6-12(10-14(13)18)22-9-8-15(19)16(21)20-11-4-2-1-3-5-11/h1-7,10,15H,8-9,19H2,(H,20,21). The molecule has 2 rings (SSSR count). The van der Waals surface area contributed by atoms with Gasteiger partial charge in [0.1, 0.15) is 5.75 Å². The Hall–Kier alpha value is -1.75. The summed E-state index contributed by atoms with van der Waals surface area (Å²) in [6.45, 7) is 0.307. The molecule has 116 valence electrons. The minimum Gasteiger partial charge on any atom is -0.493 e. The van der Waals surface area contributed by atoms with E-state index in [-0.39, 0.29) is 5.91 Å². The molecule has 0 heterocycles. The summed E-state index contributed by atoms with van der Waals surface area (Å²) in [7, 11) is 0. The number of rotatable bonds is 6. The average molecular weight is 339 g/mol. The van der Waals surface area contributed by atoms with Crippen LogP contribution in [0.5, 0.6) is 5.75 Å². The number of nitrogens with two attached hydrogens (primary N) is 1. The van der Waals surface area contributed by atoms with Gasteiger partial charge < -0.3 is 15.8 Å². The van der Waals surface area contributed by atoms with Gasteiger partial charge in [0.2, 0.25) is 5.91 Å². The van der Waals surface area contributed by atoms with Gasteiger partial charge in [-0.15, -0.1) is 0 Å². The highest BCUT2D eigenvalue weighted by Crippen LogP contribution is 2.26. The molecular weight excluding hydrogens is 323 g/mol. The van der Waals surface area contributed by atoms with Gasteiger partial charge in [-0.05, 0) is 24.3 Å². The van der Waals surface area contributed by atoms with E-state index in [0.29, 0.717) is 34.5 Å². The predicted molar refractivity (Wildman–Crippen MR) is 89.6 cm³/mol. The van der Waals surface area contributed by atoms with Gasteiger partial charge in [-0.3, -0.25) is 4.79 Å². The Morgan fingerprint density at radius 3 is 2.55 bits per heavy atom. The zero-order valence-corrected chi connectivity index (χ0v) is 13.3. The summed E-state index contributed by atoms with van der Waals surface area (Å²) < 4.78 is 5.51. The lowest BCUT2D eigenvalue weighted by Crippen LogP contribution is -2.36. The van der Waals surface area contributed by atoms with E-state index in [2.05, 4.69) is 5.32 Å². The van der Waals surface area contributed by atoms with Gasteiger partial charge in [-0.1, -0.05) is 41.4 Å². The molecule has 0 aliphatic carbocycles. The number of carbonyl (C=O) groups is 1. The lowest BCUT2D eigenvalue weighted by Gasteiger charge is -2.13. The maximum Gasteiger partial charge on any atom is 0.241 e. The fourth-order valence-corrected chi connectivity index (χ4v) is 2.05. The summed E-state index contributed by atoms with van der Waals surface area (Å²) in [6.07, 6.45) is 0.388. The monoisotopic (exact) mass is 338 g/mol. The molecular formula is C16H16Cl2N2O2. The number of carbonyl (C=O) groups excluding carboxylic acids is 1. The van der Waals surface area contributed by atoms with E-state index < -0.39 is 6.04 Å². The maximum atomic E-state index is 11.9. The molecule has 0 saturated carbocycles. The van der Waals surface area contributed by atoms with Crippen molar-refractivity contribution < 1.29 is 9.53 Å². The summed E-state index contributed by atoms with van der Waals surface area (Å²) in [6, 6.07) is 13.5. The smallest absolute Gasteiger partial charge is 0.241 e. The Kier molecular flexibility index (Phi) is 6.07. The highest BCUT2D eigenvalue weighted by molar-refractivity contribution is 6.42. The Bertz CT molecular complexity index is 635. The van der Waals surface area contributed by atoms with Crippen molar-refractivity contribution in [3.05, 3.63) is 58.6 Å². The number of anilines is 1. The largest absolute Gasteiger partial charge is 0.493 e. The van der Waals surface area contributed by atoms with E-state index in [9.17, 15) is 4.79 Å². The van der Waals surface area contributed by atoms with E-state index in [1.165, 1.54) is 0 Å². The molecule has 0 bridgehead atoms. The maximum absolute atomic E-state index is 11.9. The normalized spacial score (nSPS) is 11.8. The second kappa shape index (κ2) is 8.03. The molecule has 1 atom stereocenters. The topological polar surface area (TPSA) is 64.3 Å². The van der Waals surface area contributed by atoms with Gasteiger partial charge in [0.15, 0.2) is 0 Å². The highest BCUT2D eigenvalue weighted by Gasteiger charge is 2.13. The van der Waals surface area contributed by atoms with Crippen molar-refractivity contribution >= 4 is 34.8 Å². The van der Waals surface area contributed by atoms with Crippen LogP contribution in [0.1, 0.15) is 6.42 Å². The predicted octanol–water partition coefficient (Wildman–Crippen LogP) is 3.73. The first-order chi connectivity index (χ1) is 10.6. The van der Waals surface area contributed by atoms with Gasteiger partial charge in [0.25, 0.3) is 0 Å². The molecule has 0 aliphatic rings. The van der Waals surface area contributed by atoms with E-state index in [4.69, 9.17) is 33.7 Å². The van der Waals surface area contributed by atoms with Crippen LogP contribution < -0.4 is 15.8 Å². The second-order valence-electron chi connectivity index (χ2n) is 4.67. The van der Waals surface area contributed by atoms with Gasteiger partial charge in [0.05, 0.1) is 22.7 Å². The number of hydrogen-bond acceptors (Lipinski definition) is 3. The molecule has 2 aromatic carbocycles. The average Bonchev–Trinajstić information content (AvgIpc) is 2.51. The number of halogens is 2. The van der Waals surface area contributed by atoms with Crippen molar-refractivity contribution in [2.24, 2.45) is 5.73 Å². The summed E-state index contributed by atoms with van der Waals surface area (Å²) in [5.74, 6) is 0.342. The minimum absolute atomic E-state index is 0.246. The van der Waals surface area contributed by atoms with Crippen LogP contribution in [-0.2, 0) is 4.79 Å². The van der Waals surface area contributed by atoms with Crippen LogP contribution in [0.3, 0.4) is 0 Å². The molecule has 0 spiro atoms. The first-order valence-electron chi connectivity index (χ1n) is 6.75.